The molecule has 1 unspecified atom stereocenters. The molecule has 0 aromatic heterocycles. The summed E-state index contributed by atoms with van der Waals surface area (Å²) in [5.41, 5.74) is 3.68. The second-order valence-electron chi connectivity index (χ2n) is 8.42. The van der Waals surface area contributed by atoms with Crippen molar-refractivity contribution in [3.63, 3.8) is 0 Å². The Balaban J connectivity index is 1.46. The molecule has 0 saturated carbocycles. The van der Waals surface area contributed by atoms with Gasteiger partial charge in [0.05, 0.1) is 31.5 Å². The van der Waals surface area contributed by atoms with E-state index < -0.39 is 0 Å². The van der Waals surface area contributed by atoms with E-state index in [1.807, 2.05) is 60.4 Å². The number of carbonyl (C=O) groups excluding carboxylic acids is 2. The minimum absolute atomic E-state index is 0.0114. The van der Waals surface area contributed by atoms with Gasteiger partial charge in [-0.25, -0.2) is 0 Å². The SMILES string of the molecule is COCCOC(C)CCNC(=O)CCCCC(=O)N1Cc2ccccc2C#Cc2ccccc21. The third-order valence-electron chi connectivity index (χ3n) is 5.78. The fourth-order valence-electron chi connectivity index (χ4n) is 3.82. The standard InChI is InChI=1S/C28H34N2O4/c1-22(34-20-19-33-2)17-18-29-27(31)13-7-8-14-28(32)30-21-25-11-4-3-9-23(25)15-16-24-10-5-6-12-26(24)30/h3-6,9-12,22H,7-8,13-14,17-21H2,1-2H3,(H,29,31). The second kappa shape index (κ2) is 13.5. The molecule has 0 radical (unpaired) electrons. The van der Waals surface area contributed by atoms with Crippen LogP contribution in [0.25, 0.3) is 0 Å². The Morgan fingerprint density at radius 1 is 1.00 bits per heavy atom. The fourth-order valence-corrected chi connectivity index (χ4v) is 3.82. The summed E-state index contributed by atoms with van der Waals surface area (Å²) >= 11 is 0. The van der Waals surface area contributed by atoms with Crippen molar-refractivity contribution >= 4 is 17.5 Å². The van der Waals surface area contributed by atoms with Crippen molar-refractivity contribution in [1.82, 2.24) is 5.32 Å². The van der Waals surface area contributed by atoms with Gasteiger partial charge in [-0.3, -0.25) is 9.59 Å². The maximum Gasteiger partial charge on any atom is 0.227 e. The molecule has 0 bridgehead atoms. The predicted octanol–water partition coefficient (Wildman–Crippen LogP) is 4.05. The minimum atomic E-state index is 0.0114. The van der Waals surface area contributed by atoms with Crippen molar-refractivity contribution in [2.24, 2.45) is 0 Å². The van der Waals surface area contributed by atoms with Gasteiger partial charge in [-0.05, 0) is 49.9 Å². The number of para-hydroxylation sites is 1. The van der Waals surface area contributed by atoms with E-state index in [1.54, 1.807) is 7.11 Å². The third-order valence-corrected chi connectivity index (χ3v) is 5.78. The maximum atomic E-state index is 13.2. The molecule has 2 aromatic rings. The number of anilines is 1. The van der Waals surface area contributed by atoms with E-state index in [2.05, 4.69) is 17.2 Å². The Bertz CT molecular complexity index is 1020. The van der Waals surface area contributed by atoms with Crippen LogP contribution in [0.4, 0.5) is 5.69 Å². The number of benzene rings is 2. The number of rotatable bonds is 12. The zero-order chi connectivity index (χ0) is 24.2. The van der Waals surface area contributed by atoms with E-state index in [9.17, 15) is 9.59 Å². The first-order valence-electron chi connectivity index (χ1n) is 11.9. The average molecular weight is 463 g/mol. The van der Waals surface area contributed by atoms with Gasteiger partial charge in [-0.2, -0.15) is 0 Å². The highest BCUT2D eigenvalue weighted by Gasteiger charge is 2.20. The lowest BCUT2D eigenvalue weighted by Gasteiger charge is -2.26. The summed E-state index contributed by atoms with van der Waals surface area (Å²) in [7, 11) is 1.64. The molecule has 6 nitrogen and oxygen atoms in total. The molecule has 0 aliphatic carbocycles. The lowest BCUT2D eigenvalue weighted by atomic mass is 10.0. The number of amides is 2. The van der Waals surface area contributed by atoms with Crippen molar-refractivity contribution in [3.05, 3.63) is 65.2 Å². The van der Waals surface area contributed by atoms with Crippen LogP contribution in [0.2, 0.25) is 0 Å². The van der Waals surface area contributed by atoms with Gasteiger partial charge in [0.25, 0.3) is 0 Å². The highest BCUT2D eigenvalue weighted by molar-refractivity contribution is 5.95. The maximum absolute atomic E-state index is 13.2. The van der Waals surface area contributed by atoms with Crippen molar-refractivity contribution in [1.29, 1.82) is 0 Å². The lowest BCUT2D eigenvalue weighted by Crippen LogP contribution is -2.31. The first kappa shape index (κ1) is 25.5. The number of nitrogens with zero attached hydrogens (tertiary/aromatic N) is 1. The van der Waals surface area contributed by atoms with E-state index in [0.29, 0.717) is 52.0 Å². The number of unbranched alkanes of at least 4 members (excludes halogenated alkanes) is 1. The number of carbonyl (C=O) groups is 2. The molecule has 1 aliphatic rings. The summed E-state index contributed by atoms with van der Waals surface area (Å²) in [6, 6.07) is 15.7. The van der Waals surface area contributed by atoms with Gasteiger partial charge in [0, 0.05) is 37.6 Å². The van der Waals surface area contributed by atoms with Crippen molar-refractivity contribution < 1.29 is 19.1 Å². The fraction of sp³-hybridized carbons (Fsp3) is 0.429. The van der Waals surface area contributed by atoms with Gasteiger partial charge in [0.15, 0.2) is 0 Å². The van der Waals surface area contributed by atoms with Gasteiger partial charge in [-0.1, -0.05) is 42.2 Å². The Morgan fingerprint density at radius 3 is 2.53 bits per heavy atom. The number of fused-ring (bicyclic) bond motifs is 2. The van der Waals surface area contributed by atoms with E-state index in [1.165, 1.54) is 0 Å². The van der Waals surface area contributed by atoms with Gasteiger partial charge in [-0.15, -0.1) is 0 Å². The van der Waals surface area contributed by atoms with E-state index >= 15 is 0 Å². The minimum Gasteiger partial charge on any atom is -0.382 e. The first-order chi connectivity index (χ1) is 16.6. The van der Waals surface area contributed by atoms with Crippen LogP contribution in [-0.4, -0.2) is 44.8 Å². The lowest BCUT2D eigenvalue weighted by molar-refractivity contribution is -0.122. The quantitative estimate of drug-likeness (QED) is 0.382. The summed E-state index contributed by atoms with van der Waals surface area (Å²) in [5, 5.41) is 2.93. The Morgan fingerprint density at radius 2 is 1.71 bits per heavy atom. The molecular formula is C28H34N2O4. The van der Waals surface area contributed by atoms with Crippen LogP contribution < -0.4 is 10.2 Å². The normalized spacial score (nSPS) is 12.9. The molecule has 0 fully saturated rings. The zero-order valence-corrected chi connectivity index (χ0v) is 20.1. The smallest absolute Gasteiger partial charge is 0.227 e. The zero-order valence-electron chi connectivity index (χ0n) is 20.1. The summed E-state index contributed by atoms with van der Waals surface area (Å²) in [5.74, 6) is 6.51. The number of methoxy groups -OCH3 is 1. The van der Waals surface area contributed by atoms with E-state index in [0.717, 1.165) is 28.8 Å². The molecule has 180 valence electrons. The van der Waals surface area contributed by atoms with Crippen LogP contribution in [0.15, 0.2) is 48.5 Å². The summed E-state index contributed by atoms with van der Waals surface area (Å²) < 4.78 is 10.5. The number of nitrogens with one attached hydrogen (secondary N) is 1. The van der Waals surface area contributed by atoms with E-state index in [4.69, 9.17) is 9.47 Å². The molecule has 34 heavy (non-hydrogen) atoms. The van der Waals surface area contributed by atoms with E-state index in [-0.39, 0.29) is 17.9 Å². The number of ether oxygens (including phenoxy) is 2. The molecule has 0 saturated heterocycles. The molecular weight excluding hydrogens is 428 g/mol. The number of hydrogen-bond donors (Lipinski definition) is 1. The number of hydrogen-bond acceptors (Lipinski definition) is 4. The van der Waals surface area contributed by atoms with Crippen LogP contribution in [0.3, 0.4) is 0 Å². The molecule has 2 amide bonds. The molecule has 1 heterocycles. The first-order valence-corrected chi connectivity index (χ1v) is 11.9. The van der Waals surface area contributed by atoms with Crippen molar-refractivity contribution in [3.8, 4) is 11.8 Å². The molecule has 1 N–H and O–H groups in total. The highest BCUT2D eigenvalue weighted by Crippen LogP contribution is 2.26. The van der Waals surface area contributed by atoms with Crippen LogP contribution in [0.5, 0.6) is 0 Å². The van der Waals surface area contributed by atoms with Crippen molar-refractivity contribution in [2.75, 3.05) is 31.8 Å². The van der Waals surface area contributed by atoms with Gasteiger partial charge >= 0.3 is 0 Å². The van der Waals surface area contributed by atoms with Crippen LogP contribution in [-0.2, 0) is 25.6 Å². The Hall–Kier alpha value is -3.14. The molecule has 3 rings (SSSR count). The van der Waals surface area contributed by atoms with Gasteiger partial charge in [0.1, 0.15) is 0 Å². The summed E-state index contributed by atoms with van der Waals surface area (Å²) in [6.07, 6.45) is 2.97. The molecule has 6 heteroatoms. The van der Waals surface area contributed by atoms with Gasteiger partial charge < -0.3 is 19.7 Å². The summed E-state index contributed by atoms with van der Waals surface area (Å²) in [6.45, 7) is 4.18. The Kier molecular flexibility index (Phi) is 10.1. The molecule has 0 spiro atoms. The average Bonchev–Trinajstić information content (AvgIpc) is 2.83. The van der Waals surface area contributed by atoms with Crippen molar-refractivity contribution in [2.45, 2.75) is 51.7 Å². The summed E-state index contributed by atoms with van der Waals surface area (Å²) in [4.78, 5) is 27.1. The molecule has 1 atom stereocenters. The molecule has 2 aromatic carbocycles. The second-order valence-corrected chi connectivity index (χ2v) is 8.42. The van der Waals surface area contributed by atoms with Crippen LogP contribution in [0.1, 0.15) is 55.7 Å². The van der Waals surface area contributed by atoms with Crippen LogP contribution >= 0.6 is 0 Å². The van der Waals surface area contributed by atoms with Gasteiger partial charge in [0.2, 0.25) is 11.8 Å². The molecule has 1 aliphatic heterocycles. The largest absolute Gasteiger partial charge is 0.382 e. The third kappa shape index (κ3) is 7.72. The van der Waals surface area contributed by atoms with Crippen LogP contribution in [0, 0.1) is 11.8 Å². The topological polar surface area (TPSA) is 67.9 Å². The predicted molar refractivity (Wildman–Crippen MR) is 133 cm³/mol. The Labute approximate surface area is 202 Å². The highest BCUT2D eigenvalue weighted by atomic mass is 16.5. The monoisotopic (exact) mass is 462 g/mol.